The van der Waals surface area contributed by atoms with Crippen molar-refractivity contribution in [1.82, 2.24) is 5.32 Å². The van der Waals surface area contributed by atoms with Crippen LogP contribution in [0.2, 0.25) is 0 Å². The molecule has 0 saturated heterocycles. The van der Waals surface area contributed by atoms with E-state index < -0.39 is 27.0 Å². The Labute approximate surface area is 122 Å². The van der Waals surface area contributed by atoms with Gasteiger partial charge in [0.2, 0.25) is 16.3 Å². The van der Waals surface area contributed by atoms with Crippen molar-refractivity contribution < 1.29 is 21.8 Å². The summed E-state index contributed by atoms with van der Waals surface area (Å²) < 4.78 is 59.5. The number of aliphatic imine (C=N–C) groups is 1. The number of nitrogens with two attached hydrogens (primary N) is 1. The number of amidine groups is 1. The van der Waals surface area contributed by atoms with Crippen LogP contribution in [0, 0.1) is 5.39 Å². The second-order valence-electron chi connectivity index (χ2n) is 4.13. The normalized spacial score (nSPS) is 21.2. The number of benzene rings is 1. The van der Waals surface area contributed by atoms with E-state index in [0.29, 0.717) is 0 Å². The molecule has 0 aliphatic carbocycles. The van der Waals surface area contributed by atoms with Gasteiger partial charge in [0.25, 0.3) is 0 Å². The van der Waals surface area contributed by atoms with Gasteiger partial charge in [-0.05, 0) is 18.2 Å². The Balaban J connectivity index is 2.32. The van der Waals surface area contributed by atoms with Crippen LogP contribution in [0.15, 0.2) is 40.1 Å². The third-order valence-electron chi connectivity index (χ3n) is 2.49. The Morgan fingerprint density at radius 3 is 2.73 bits per heavy atom. The summed E-state index contributed by atoms with van der Waals surface area (Å²) in [7, 11) is -4.74. The van der Waals surface area contributed by atoms with Gasteiger partial charge in [0.05, 0.1) is 10.6 Å². The minimum Gasteiger partial charge on any atom is -0.744 e. The van der Waals surface area contributed by atoms with Crippen LogP contribution in [0.3, 0.4) is 0 Å². The molecule has 4 N–H and O–H groups in total. The Morgan fingerprint density at radius 2 is 2.18 bits per heavy atom. The lowest BCUT2D eigenvalue weighted by Gasteiger charge is -2.15. The first kappa shape index (κ1) is 15.6. The molecule has 1 aliphatic rings. The maximum atomic E-state index is 13.6. The van der Waals surface area contributed by atoms with Gasteiger partial charge >= 0.3 is 6.04 Å². The number of diazo groups is 1. The van der Waals surface area contributed by atoms with Crippen molar-refractivity contribution in [2.24, 2.45) is 4.99 Å². The van der Waals surface area contributed by atoms with Gasteiger partial charge in [0.15, 0.2) is 0 Å². The van der Waals surface area contributed by atoms with Crippen molar-refractivity contribution >= 4 is 27.3 Å². The zero-order chi connectivity index (χ0) is 16.5. The number of anilines is 2. The molecule has 116 valence electrons. The molecule has 0 aromatic heterocycles. The molecule has 0 radical (unpaired) electrons. The highest BCUT2D eigenvalue weighted by Crippen LogP contribution is 2.24. The predicted octanol–water partition coefficient (Wildman–Crippen LogP) is 0.831. The highest BCUT2D eigenvalue weighted by atomic mass is 32.2. The summed E-state index contributed by atoms with van der Waals surface area (Å²) in [5.74, 6) is -1.53. The lowest BCUT2D eigenvalue weighted by molar-refractivity contribution is 0.180. The van der Waals surface area contributed by atoms with Gasteiger partial charge in [0, 0.05) is 11.8 Å². The van der Waals surface area contributed by atoms with Gasteiger partial charge in [-0.25, -0.2) is 13.7 Å². The van der Waals surface area contributed by atoms with Crippen molar-refractivity contribution in [2.45, 2.75) is 10.9 Å². The van der Waals surface area contributed by atoms with Crippen LogP contribution in [-0.2, 0) is 10.1 Å². The molecule has 9 nitrogen and oxygen atoms in total. The Bertz CT molecular complexity index is 832. The molecular weight excluding hydrogens is 322 g/mol. The van der Waals surface area contributed by atoms with Crippen molar-refractivity contribution in [1.29, 1.82) is 5.39 Å². The number of halogens is 2. The fraction of sp³-hybridized carbons (Fsp3) is 0.100. The van der Waals surface area contributed by atoms with E-state index in [1.807, 2.05) is 0 Å². The van der Waals surface area contributed by atoms with E-state index in [4.69, 9.17) is 11.1 Å². The zero-order valence-electron chi connectivity index (χ0n) is 10.6. The summed E-state index contributed by atoms with van der Waals surface area (Å²) in [6.45, 7) is 0. The molecule has 0 saturated carbocycles. The van der Waals surface area contributed by atoms with Gasteiger partial charge in [0.1, 0.15) is 16.0 Å². The lowest BCUT2D eigenvalue weighted by Crippen LogP contribution is -2.39. The molecule has 0 fully saturated rings. The van der Waals surface area contributed by atoms with Crippen LogP contribution in [0.4, 0.5) is 20.2 Å². The van der Waals surface area contributed by atoms with Crippen LogP contribution >= 0.6 is 0 Å². The van der Waals surface area contributed by atoms with Gasteiger partial charge in [-0.15, -0.1) is 9.38 Å². The van der Waals surface area contributed by atoms with E-state index >= 15 is 0 Å². The second kappa shape index (κ2) is 5.20. The third-order valence-corrected chi connectivity index (χ3v) is 3.41. The third kappa shape index (κ3) is 3.27. The zero-order valence-corrected chi connectivity index (χ0v) is 11.4. The number of nitrogens with one attached hydrogen (secondary N) is 2. The molecule has 1 aromatic rings. The maximum absolute atomic E-state index is 13.6. The van der Waals surface area contributed by atoms with E-state index in [2.05, 4.69) is 15.3 Å². The topological polar surface area (TPSA) is 148 Å². The van der Waals surface area contributed by atoms with Crippen LogP contribution in [0.1, 0.15) is 0 Å². The standard InChI is InChI=1S/C10H8F2N6O3S/c11-8-4-9(17-10(12,16-8)18-14)15-5-1-2-7(6(13)3-5)22(19,20)21/h1-4,16H,13H2,(H-,15,17,19,20,21). The van der Waals surface area contributed by atoms with Crippen molar-refractivity contribution in [2.75, 3.05) is 11.1 Å². The van der Waals surface area contributed by atoms with Crippen LogP contribution in [-0.4, -0.2) is 24.8 Å². The summed E-state index contributed by atoms with van der Waals surface area (Å²) in [4.78, 5) is 4.88. The minimum atomic E-state index is -4.74. The monoisotopic (exact) mass is 330 g/mol. The van der Waals surface area contributed by atoms with E-state index in [1.165, 1.54) is 5.32 Å². The number of rotatable bonds is 2. The first-order chi connectivity index (χ1) is 10.1. The molecule has 2 rings (SSSR count). The predicted molar refractivity (Wildman–Crippen MR) is 71.1 cm³/mol. The molecule has 0 amide bonds. The van der Waals surface area contributed by atoms with Crippen molar-refractivity contribution in [3.8, 4) is 0 Å². The van der Waals surface area contributed by atoms with Gasteiger partial charge < -0.3 is 15.6 Å². The summed E-state index contributed by atoms with van der Waals surface area (Å²) in [6.07, 6.45) is 0.761. The van der Waals surface area contributed by atoms with Crippen molar-refractivity contribution in [3.05, 3.63) is 35.2 Å². The highest BCUT2D eigenvalue weighted by molar-refractivity contribution is 7.86. The largest absolute Gasteiger partial charge is 0.744 e. The molecule has 1 unspecified atom stereocenters. The average Bonchev–Trinajstić information content (AvgIpc) is 2.36. The molecular formula is C10H8F2N6O3S. The molecule has 1 atom stereocenters. The summed E-state index contributed by atoms with van der Waals surface area (Å²) in [5, 5.41) is 12.4. The van der Waals surface area contributed by atoms with Crippen LogP contribution in [0.25, 0.3) is 4.98 Å². The van der Waals surface area contributed by atoms with E-state index in [1.54, 1.807) is 0 Å². The number of hydrogen-bond donors (Lipinski definition) is 3. The van der Waals surface area contributed by atoms with Gasteiger partial charge in [-0.3, -0.25) is 0 Å². The molecule has 1 aliphatic heterocycles. The Kier molecular flexibility index (Phi) is 3.69. The first-order valence-corrected chi connectivity index (χ1v) is 6.97. The molecule has 22 heavy (non-hydrogen) atoms. The van der Waals surface area contributed by atoms with Gasteiger partial charge in [-0.1, -0.05) is 0 Å². The number of alkyl halides is 1. The second-order valence-corrected chi connectivity index (χ2v) is 5.48. The SMILES string of the molecule is N#[N+]C1(F)N=C(Nc2ccc(S(=O)(=O)[O-])c(N)c2)C=C(F)N1. The fourth-order valence-electron chi connectivity index (χ4n) is 1.64. The molecule has 0 spiro atoms. The smallest absolute Gasteiger partial charge is 0.656 e. The summed E-state index contributed by atoms with van der Waals surface area (Å²) in [5.41, 5.74) is 5.18. The first-order valence-electron chi connectivity index (χ1n) is 5.56. The summed E-state index contributed by atoms with van der Waals surface area (Å²) >= 11 is 0. The van der Waals surface area contributed by atoms with Crippen molar-refractivity contribution in [3.63, 3.8) is 0 Å². The molecule has 1 heterocycles. The lowest BCUT2D eigenvalue weighted by atomic mass is 10.2. The van der Waals surface area contributed by atoms with E-state index in [-0.39, 0.29) is 17.2 Å². The molecule has 0 bridgehead atoms. The van der Waals surface area contributed by atoms with Gasteiger partial charge in [-0.2, -0.15) is 4.39 Å². The maximum Gasteiger partial charge on any atom is 0.656 e. The molecule has 1 aromatic carbocycles. The number of hydrogen-bond acceptors (Lipinski definition) is 8. The average molecular weight is 330 g/mol. The molecule has 12 heteroatoms. The van der Waals surface area contributed by atoms with E-state index in [9.17, 15) is 21.8 Å². The number of nitrogens with zero attached hydrogens (tertiary/aromatic N) is 3. The van der Waals surface area contributed by atoms with Crippen LogP contribution in [0.5, 0.6) is 0 Å². The summed E-state index contributed by atoms with van der Waals surface area (Å²) in [6, 6.07) is 0.0519. The number of nitrogen functional groups attached to an aromatic ring is 1. The Hall–Kier alpha value is -2.78. The van der Waals surface area contributed by atoms with E-state index in [0.717, 1.165) is 24.3 Å². The Morgan fingerprint density at radius 1 is 1.50 bits per heavy atom. The fourth-order valence-corrected chi connectivity index (χ4v) is 2.22. The minimum absolute atomic E-state index is 0.106. The van der Waals surface area contributed by atoms with Crippen LogP contribution < -0.4 is 16.4 Å². The highest BCUT2D eigenvalue weighted by Gasteiger charge is 2.48. The quantitative estimate of drug-likeness (QED) is 0.315.